The number of hydrogen-bond donors (Lipinski definition) is 5. The highest BCUT2D eigenvalue weighted by atomic mass is 16.6. The molecule has 8 nitrogen and oxygen atoms in total. The van der Waals surface area contributed by atoms with E-state index < -0.39 is 43.2 Å². The Morgan fingerprint density at radius 3 is 2.43 bits per heavy atom. The largest absolute Gasteiger partial charge is 0.462 e. The van der Waals surface area contributed by atoms with Gasteiger partial charge < -0.3 is 35.2 Å². The molecule has 1 aliphatic rings. The molecule has 0 amide bonds. The van der Waals surface area contributed by atoms with Crippen molar-refractivity contribution in [2.75, 3.05) is 25.1 Å². The number of ether oxygens (including phenoxy) is 2. The van der Waals surface area contributed by atoms with Crippen molar-refractivity contribution in [2.24, 2.45) is 0 Å². The lowest BCUT2D eigenvalue weighted by Crippen LogP contribution is -2.52. The van der Waals surface area contributed by atoms with Crippen LogP contribution in [0.3, 0.4) is 0 Å². The zero-order chi connectivity index (χ0) is 17.0. The summed E-state index contributed by atoms with van der Waals surface area (Å²) in [6.07, 6.45) is -3.78. The Hall–Kier alpha value is -1.71. The van der Waals surface area contributed by atoms with Crippen LogP contribution in [0.5, 0.6) is 0 Å². The van der Waals surface area contributed by atoms with Gasteiger partial charge in [-0.25, -0.2) is 4.79 Å². The third kappa shape index (κ3) is 3.46. The van der Waals surface area contributed by atoms with Crippen LogP contribution in [0, 0.1) is 0 Å². The van der Waals surface area contributed by atoms with Gasteiger partial charge in [-0.2, -0.15) is 0 Å². The summed E-state index contributed by atoms with van der Waals surface area (Å²) >= 11 is 0. The number of nitrogens with one attached hydrogen (secondary N) is 1. The van der Waals surface area contributed by atoms with E-state index in [0.29, 0.717) is 11.3 Å². The molecule has 1 aromatic carbocycles. The van der Waals surface area contributed by atoms with Crippen molar-refractivity contribution >= 4 is 11.7 Å². The van der Waals surface area contributed by atoms with E-state index in [0.717, 1.165) is 0 Å². The molecule has 8 heteroatoms. The summed E-state index contributed by atoms with van der Waals surface area (Å²) < 4.78 is 10.3. The first kappa shape index (κ1) is 17.6. The fraction of sp³-hybridized carbons (Fsp3) is 0.533. The molecule has 5 N–H and O–H groups in total. The Morgan fingerprint density at radius 1 is 1.30 bits per heavy atom. The predicted molar refractivity (Wildman–Crippen MR) is 79.8 cm³/mol. The van der Waals surface area contributed by atoms with E-state index in [-0.39, 0.29) is 6.61 Å². The summed E-state index contributed by atoms with van der Waals surface area (Å²) in [7, 11) is 0. The molecule has 2 rings (SSSR count). The number of carbonyl (C=O) groups excluding carboxylic acids is 1. The zero-order valence-electron chi connectivity index (χ0n) is 12.7. The van der Waals surface area contributed by atoms with Gasteiger partial charge in [0.2, 0.25) is 0 Å². The van der Waals surface area contributed by atoms with Gasteiger partial charge in [-0.05, 0) is 31.2 Å². The van der Waals surface area contributed by atoms with E-state index in [1.165, 1.54) is 12.1 Å². The molecule has 128 valence electrons. The van der Waals surface area contributed by atoms with Crippen LogP contribution < -0.4 is 5.32 Å². The van der Waals surface area contributed by atoms with Crippen molar-refractivity contribution in [3.05, 3.63) is 29.8 Å². The van der Waals surface area contributed by atoms with Gasteiger partial charge >= 0.3 is 5.97 Å². The number of esters is 1. The number of hydrogen-bond acceptors (Lipinski definition) is 8. The smallest absolute Gasteiger partial charge is 0.338 e. The molecule has 1 fully saturated rings. The van der Waals surface area contributed by atoms with Gasteiger partial charge in [0.1, 0.15) is 18.3 Å². The Morgan fingerprint density at radius 2 is 1.96 bits per heavy atom. The van der Waals surface area contributed by atoms with E-state index in [4.69, 9.17) is 14.6 Å². The third-order valence-corrected chi connectivity index (χ3v) is 3.71. The SMILES string of the molecule is CCOC(=O)c1ccc(N[C@@]2(CO)O[C@H](CO)[C@@H](O)[C@@H]2O)cc1. The third-order valence-electron chi connectivity index (χ3n) is 3.71. The van der Waals surface area contributed by atoms with Gasteiger partial charge in [-0.1, -0.05) is 0 Å². The molecular weight excluding hydrogens is 306 g/mol. The van der Waals surface area contributed by atoms with E-state index in [1.54, 1.807) is 19.1 Å². The molecule has 0 spiro atoms. The topological polar surface area (TPSA) is 128 Å². The second-order valence-corrected chi connectivity index (χ2v) is 5.24. The molecule has 1 saturated heterocycles. The Kier molecular flexibility index (Phi) is 5.55. The van der Waals surface area contributed by atoms with Crippen LogP contribution in [0.25, 0.3) is 0 Å². The van der Waals surface area contributed by atoms with Gasteiger partial charge in [0.05, 0.1) is 25.4 Å². The monoisotopic (exact) mass is 327 g/mol. The van der Waals surface area contributed by atoms with Gasteiger partial charge in [-0.3, -0.25) is 0 Å². The van der Waals surface area contributed by atoms with Crippen molar-refractivity contribution in [2.45, 2.75) is 31.0 Å². The first-order chi connectivity index (χ1) is 11.0. The van der Waals surface area contributed by atoms with Crippen LogP contribution >= 0.6 is 0 Å². The Labute approximate surface area is 133 Å². The Balaban J connectivity index is 2.15. The zero-order valence-corrected chi connectivity index (χ0v) is 12.7. The van der Waals surface area contributed by atoms with E-state index >= 15 is 0 Å². The van der Waals surface area contributed by atoms with Crippen LogP contribution in [0.2, 0.25) is 0 Å². The number of benzene rings is 1. The van der Waals surface area contributed by atoms with Gasteiger partial charge in [0.15, 0.2) is 5.72 Å². The van der Waals surface area contributed by atoms with E-state index in [2.05, 4.69) is 5.32 Å². The summed E-state index contributed by atoms with van der Waals surface area (Å²) in [5, 5.41) is 41.4. The van der Waals surface area contributed by atoms with Crippen molar-refractivity contribution in [1.82, 2.24) is 0 Å². The van der Waals surface area contributed by atoms with Gasteiger partial charge in [0, 0.05) is 5.69 Å². The van der Waals surface area contributed by atoms with Crippen molar-refractivity contribution in [3.63, 3.8) is 0 Å². The summed E-state index contributed by atoms with van der Waals surface area (Å²) in [4.78, 5) is 11.6. The lowest BCUT2D eigenvalue weighted by Gasteiger charge is -2.32. The maximum atomic E-state index is 11.6. The fourth-order valence-electron chi connectivity index (χ4n) is 2.46. The Bertz CT molecular complexity index is 535. The number of anilines is 1. The molecule has 0 aliphatic carbocycles. The lowest BCUT2D eigenvalue weighted by molar-refractivity contribution is -0.0999. The molecule has 0 radical (unpaired) electrons. The minimum absolute atomic E-state index is 0.271. The fourth-order valence-corrected chi connectivity index (χ4v) is 2.46. The molecule has 0 unspecified atom stereocenters. The molecule has 0 aromatic heterocycles. The summed E-state index contributed by atoms with van der Waals surface area (Å²) in [5.41, 5.74) is -0.827. The highest BCUT2D eigenvalue weighted by Gasteiger charge is 2.54. The minimum atomic E-state index is -1.64. The van der Waals surface area contributed by atoms with Crippen molar-refractivity contribution < 1.29 is 34.7 Å². The summed E-state index contributed by atoms with van der Waals surface area (Å²) in [6.45, 7) is 0.859. The first-order valence-corrected chi connectivity index (χ1v) is 7.28. The maximum Gasteiger partial charge on any atom is 0.338 e. The molecule has 23 heavy (non-hydrogen) atoms. The van der Waals surface area contributed by atoms with E-state index in [1.807, 2.05) is 0 Å². The average Bonchev–Trinajstić information content (AvgIpc) is 2.81. The van der Waals surface area contributed by atoms with Gasteiger partial charge in [0.25, 0.3) is 0 Å². The average molecular weight is 327 g/mol. The standard InChI is InChI=1S/C15H21NO7/c1-2-22-14(21)9-3-5-10(6-4-9)16-15(8-18)13(20)12(19)11(7-17)23-15/h3-6,11-13,16-20H,2,7-8H2,1H3/t11-,12-,13+,15+/m1/s1. The second kappa shape index (κ2) is 7.24. The minimum Gasteiger partial charge on any atom is -0.462 e. The molecule has 4 atom stereocenters. The predicted octanol–water partition coefficient (Wildman–Crippen LogP) is -0.923. The van der Waals surface area contributed by atoms with Crippen LogP contribution in [0.4, 0.5) is 5.69 Å². The molecule has 1 heterocycles. The maximum absolute atomic E-state index is 11.6. The first-order valence-electron chi connectivity index (χ1n) is 7.28. The van der Waals surface area contributed by atoms with Crippen LogP contribution in [-0.4, -0.2) is 70.3 Å². The quantitative estimate of drug-likeness (QED) is 0.424. The highest BCUT2D eigenvalue weighted by molar-refractivity contribution is 5.89. The molecule has 0 bridgehead atoms. The highest BCUT2D eigenvalue weighted by Crippen LogP contribution is 2.32. The van der Waals surface area contributed by atoms with Crippen molar-refractivity contribution in [3.8, 4) is 0 Å². The van der Waals surface area contributed by atoms with Crippen LogP contribution in [0.15, 0.2) is 24.3 Å². The number of aliphatic hydroxyl groups excluding tert-OH is 4. The number of aliphatic hydroxyl groups is 4. The number of rotatable bonds is 6. The summed E-state index contributed by atoms with van der Waals surface area (Å²) in [6, 6.07) is 6.15. The second-order valence-electron chi connectivity index (χ2n) is 5.24. The summed E-state index contributed by atoms with van der Waals surface area (Å²) in [5.74, 6) is -0.455. The molecular formula is C15H21NO7. The molecule has 0 saturated carbocycles. The number of carbonyl (C=O) groups is 1. The molecule has 1 aliphatic heterocycles. The molecule has 1 aromatic rings. The van der Waals surface area contributed by atoms with Gasteiger partial charge in [-0.15, -0.1) is 0 Å². The van der Waals surface area contributed by atoms with Crippen LogP contribution in [-0.2, 0) is 9.47 Å². The van der Waals surface area contributed by atoms with Crippen molar-refractivity contribution in [1.29, 1.82) is 0 Å². The van der Waals surface area contributed by atoms with E-state index in [9.17, 15) is 20.1 Å². The normalized spacial score (nSPS) is 30.2. The lowest BCUT2D eigenvalue weighted by atomic mass is 10.0. The van der Waals surface area contributed by atoms with Crippen LogP contribution in [0.1, 0.15) is 17.3 Å².